The molecule has 2 heterocycles. The summed E-state index contributed by atoms with van der Waals surface area (Å²) in [4.78, 5) is 9.04. The van der Waals surface area contributed by atoms with Gasteiger partial charge in [-0.05, 0) is 38.8 Å². The van der Waals surface area contributed by atoms with Crippen molar-refractivity contribution in [1.82, 2.24) is 20.2 Å². The summed E-state index contributed by atoms with van der Waals surface area (Å²) in [6, 6.07) is 4.39. The van der Waals surface area contributed by atoms with Crippen molar-refractivity contribution in [3.63, 3.8) is 0 Å². The summed E-state index contributed by atoms with van der Waals surface area (Å²) in [6.07, 6.45) is 7.91. The van der Waals surface area contributed by atoms with Crippen molar-refractivity contribution in [3.8, 4) is 0 Å². The van der Waals surface area contributed by atoms with E-state index in [1.165, 1.54) is 31.4 Å². The van der Waals surface area contributed by atoms with E-state index in [1.807, 2.05) is 13.1 Å². The lowest BCUT2D eigenvalue weighted by molar-refractivity contribution is 0.689. The van der Waals surface area contributed by atoms with Gasteiger partial charge in [0, 0.05) is 36.0 Å². The Morgan fingerprint density at radius 3 is 2.90 bits per heavy atom. The topological polar surface area (TPSA) is 66.5 Å². The molecule has 112 valence electrons. The van der Waals surface area contributed by atoms with Crippen molar-refractivity contribution in [3.05, 3.63) is 35.4 Å². The van der Waals surface area contributed by atoms with Gasteiger partial charge in [0.15, 0.2) is 0 Å². The molecule has 1 aliphatic carbocycles. The Morgan fingerprint density at radius 2 is 2.19 bits per heavy atom. The summed E-state index contributed by atoms with van der Waals surface area (Å²) < 4.78 is 0. The van der Waals surface area contributed by atoms with Crippen LogP contribution in [-0.2, 0) is 6.42 Å². The standard InChI is InChI=1S/C16H23N5/c1-11(9-14-10-12(2)20-21-14)18-16-17-8-7-15(19-16)13-5-3-4-6-13/h7-8,10-11,13H,3-6,9H2,1-2H3,(H,20,21)(H,17,18,19)/t11-/m1/s1. The van der Waals surface area contributed by atoms with Crippen LogP contribution in [0.1, 0.15) is 55.6 Å². The van der Waals surface area contributed by atoms with Crippen LogP contribution in [0.15, 0.2) is 18.3 Å². The van der Waals surface area contributed by atoms with E-state index in [9.17, 15) is 0 Å². The normalized spacial score (nSPS) is 17.0. The van der Waals surface area contributed by atoms with Crippen molar-refractivity contribution in [2.75, 3.05) is 5.32 Å². The molecular weight excluding hydrogens is 262 g/mol. The van der Waals surface area contributed by atoms with Crippen LogP contribution < -0.4 is 5.32 Å². The molecule has 2 N–H and O–H groups in total. The zero-order chi connectivity index (χ0) is 14.7. The van der Waals surface area contributed by atoms with Crippen molar-refractivity contribution in [2.24, 2.45) is 0 Å². The number of aromatic amines is 1. The average Bonchev–Trinajstić information content (AvgIpc) is 3.11. The van der Waals surface area contributed by atoms with Crippen molar-refractivity contribution >= 4 is 5.95 Å². The number of hydrogen-bond acceptors (Lipinski definition) is 4. The van der Waals surface area contributed by atoms with Gasteiger partial charge in [0.25, 0.3) is 0 Å². The largest absolute Gasteiger partial charge is 0.351 e. The third kappa shape index (κ3) is 3.60. The number of rotatable bonds is 5. The number of anilines is 1. The van der Waals surface area contributed by atoms with Gasteiger partial charge in [-0.2, -0.15) is 5.10 Å². The molecule has 2 aromatic heterocycles. The van der Waals surface area contributed by atoms with E-state index in [1.54, 1.807) is 0 Å². The fraction of sp³-hybridized carbons (Fsp3) is 0.562. The van der Waals surface area contributed by atoms with E-state index in [4.69, 9.17) is 4.98 Å². The quantitative estimate of drug-likeness (QED) is 0.885. The minimum absolute atomic E-state index is 0.256. The highest BCUT2D eigenvalue weighted by molar-refractivity contribution is 5.28. The van der Waals surface area contributed by atoms with E-state index < -0.39 is 0 Å². The molecule has 5 nitrogen and oxygen atoms in total. The van der Waals surface area contributed by atoms with Crippen LogP contribution in [0.3, 0.4) is 0 Å². The van der Waals surface area contributed by atoms with Crippen molar-refractivity contribution in [1.29, 1.82) is 0 Å². The van der Waals surface area contributed by atoms with Gasteiger partial charge in [0.05, 0.1) is 5.69 Å². The second-order valence-corrected chi connectivity index (χ2v) is 6.08. The van der Waals surface area contributed by atoms with Crippen LogP contribution >= 0.6 is 0 Å². The van der Waals surface area contributed by atoms with Gasteiger partial charge in [-0.3, -0.25) is 5.10 Å². The van der Waals surface area contributed by atoms with Gasteiger partial charge in [0.1, 0.15) is 0 Å². The second kappa shape index (κ2) is 6.24. The fourth-order valence-electron chi connectivity index (χ4n) is 3.06. The summed E-state index contributed by atoms with van der Waals surface area (Å²) in [6.45, 7) is 4.15. The second-order valence-electron chi connectivity index (χ2n) is 6.08. The van der Waals surface area contributed by atoms with Crippen LogP contribution in [-0.4, -0.2) is 26.2 Å². The number of nitrogens with one attached hydrogen (secondary N) is 2. The van der Waals surface area contributed by atoms with E-state index in [0.717, 1.165) is 23.8 Å². The maximum atomic E-state index is 4.69. The van der Waals surface area contributed by atoms with Gasteiger partial charge in [0.2, 0.25) is 5.95 Å². The monoisotopic (exact) mass is 285 g/mol. The molecule has 0 bridgehead atoms. The highest BCUT2D eigenvalue weighted by atomic mass is 15.1. The van der Waals surface area contributed by atoms with E-state index in [-0.39, 0.29) is 6.04 Å². The Labute approximate surface area is 125 Å². The van der Waals surface area contributed by atoms with Crippen LogP contribution in [0.25, 0.3) is 0 Å². The Balaban J connectivity index is 1.62. The number of H-pyrrole nitrogens is 1. The average molecular weight is 285 g/mol. The highest BCUT2D eigenvalue weighted by Crippen LogP contribution is 2.33. The first-order valence-electron chi connectivity index (χ1n) is 7.81. The zero-order valence-corrected chi connectivity index (χ0v) is 12.8. The Bertz CT molecular complexity index is 586. The molecule has 0 aromatic carbocycles. The molecule has 3 rings (SSSR count). The van der Waals surface area contributed by atoms with Crippen LogP contribution in [0.5, 0.6) is 0 Å². The zero-order valence-electron chi connectivity index (χ0n) is 12.8. The Hall–Kier alpha value is -1.91. The molecule has 0 aliphatic heterocycles. The van der Waals surface area contributed by atoms with E-state index in [0.29, 0.717) is 5.92 Å². The molecule has 0 amide bonds. The minimum Gasteiger partial charge on any atom is -0.351 e. The summed E-state index contributed by atoms with van der Waals surface area (Å²) >= 11 is 0. The maximum Gasteiger partial charge on any atom is 0.223 e. The number of hydrogen-bond donors (Lipinski definition) is 2. The van der Waals surface area contributed by atoms with Crippen molar-refractivity contribution in [2.45, 2.75) is 57.9 Å². The molecule has 5 heteroatoms. The van der Waals surface area contributed by atoms with Gasteiger partial charge in [-0.25, -0.2) is 9.97 Å². The first-order chi connectivity index (χ1) is 10.2. The first-order valence-corrected chi connectivity index (χ1v) is 7.81. The molecule has 1 saturated carbocycles. The summed E-state index contributed by atoms with van der Waals surface area (Å²) in [5.41, 5.74) is 3.35. The lowest BCUT2D eigenvalue weighted by atomic mass is 10.0. The summed E-state index contributed by atoms with van der Waals surface area (Å²) in [5.74, 6) is 1.36. The van der Waals surface area contributed by atoms with Crippen LogP contribution in [0.2, 0.25) is 0 Å². The molecule has 0 saturated heterocycles. The molecule has 1 aliphatic rings. The molecule has 2 aromatic rings. The highest BCUT2D eigenvalue weighted by Gasteiger charge is 2.19. The number of aromatic nitrogens is 4. The molecule has 0 radical (unpaired) electrons. The van der Waals surface area contributed by atoms with Crippen LogP contribution in [0, 0.1) is 6.92 Å². The van der Waals surface area contributed by atoms with Crippen LogP contribution in [0.4, 0.5) is 5.95 Å². The summed E-state index contributed by atoms with van der Waals surface area (Å²) in [5, 5.41) is 10.6. The molecule has 0 unspecified atom stereocenters. The number of nitrogens with zero attached hydrogens (tertiary/aromatic N) is 3. The smallest absolute Gasteiger partial charge is 0.223 e. The molecule has 1 fully saturated rings. The molecule has 0 spiro atoms. The maximum absolute atomic E-state index is 4.69. The lowest BCUT2D eigenvalue weighted by Gasteiger charge is -2.14. The van der Waals surface area contributed by atoms with Gasteiger partial charge >= 0.3 is 0 Å². The lowest BCUT2D eigenvalue weighted by Crippen LogP contribution is -2.20. The third-order valence-electron chi connectivity index (χ3n) is 4.10. The third-order valence-corrected chi connectivity index (χ3v) is 4.10. The van der Waals surface area contributed by atoms with Gasteiger partial charge in [-0.1, -0.05) is 12.8 Å². The minimum atomic E-state index is 0.256. The molecular formula is C16H23N5. The number of aryl methyl sites for hydroxylation is 1. The Morgan fingerprint density at radius 1 is 1.38 bits per heavy atom. The fourth-order valence-corrected chi connectivity index (χ4v) is 3.06. The predicted octanol–water partition coefficient (Wildman–Crippen LogP) is 3.21. The predicted molar refractivity (Wildman–Crippen MR) is 83.4 cm³/mol. The van der Waals surface area contributed by atoms with Crippen molar-refractivity contribution < 1.29 is 0 Å². The summed E-state index contributed by atoms with van der Waals surface area (Å²) in [7, 11) is 0. The SMILES string of the molecule is Cc1cc(C[C@@H](C)Nc2nccc(C3CCCC3)n2)n[nH]1. The molecule has 21 heavy (non-hydrogen) atoms. The van der Waals surface area contributed by atoms with E-state index >= 15 is 0 Å². The van der Waals surface area contributed by atoms with Gasteiger partial charge in [-0.15, -0.1) is 0 Å². The first kappa shape index (κ1) is 14.0. The van der Waals surface area contributed by atoms with E-state index in [2.05, 4.69) is 39.6 Å². The Kier molecular flexibility index (Phi) is 4.18. The van der Waals surface area contributed by atoms with Gasteiger partial charge < -0.3 is 5.32 Å². The molecule has 1 atom stereocenters.